The van der Waals surface area contributed by atoms with Crippen molar-refractivity contribution >= 4 is 27.4 Å². The number of esters is 1. The van der Waals surface area contributed by atoms with Gasteiger partial charge < -0.3 is 4.74 Å². The summed E-state index contributed by atoms with van der Waals surface area (Å²) < 4.78 is 30.8. The van der Waals surface area contributed by atoms with Crippen LogP contribution in [0, 0.1) is 17.0 Å². The van der Waals surface area contributed by atoms with Crippen LogP contribution in [0.5, 0.6) is 5.75 Å². The van der Waals surface area contributed by atoms with Gasteiger partial charge in [0.2, 0.25) is 0 Å². The molecular formula is C23H19N3O6S. The number of non-ortho nitro benzene ring substituents is 1. The number of hydrazone groups is 1. The van der Waals surface area contributed by atoms with Crippen LogP contribution in [-0.2, 0) is 14.8 Å². The molecule has 0 aliphatic carbocycles. The normalized spacial score (nSPS) is 15.6. The van der Waals surface area contributed by atoms with E-state index in [1.807, 2.05) is 6.92 Å². The molecule has 1 N–H and O–H groups in total. The Bertz CT molecular complexity index is 1370. The molecule has 10 heteroatoms. The predicted molar refractivity (Wildman–Crippen MR) is 121 cm³/mol. The monoisotopic (exact) mass is 465 g/mol. The fourth-order valence-corrected chi connectivity index (χ4v) is 4.30. The number of fused-ring (bicyclic) bond motifs is 1. The van der Waals surface area contributed by atoms with Gasteiger partial charge in [0.25, 0.3) is 15.7 Å². The van der Waals surface area contributed by atoms with Gasteiger partial charge in [-0.05, 0) is 25.1 Å². The molecule has 1 heterocycles. The lowest BCUT2D eigenvalue weighted by molar-refractivity contribution is -0.384. The number of carbonyl (C=O) groups excluding carboxylic acids is 1. The standard InChI is InChI=1S/C23H19N3O6S/c1-15-9-11-18(12-10-15)33(30,31)25-24-21(16-5-4-6-17(13-16)26(28)29)14-20-19-7-2-3-8-22(19)32-23(20)27/h2-13,20,25H,14H2,1H3/b24-21+/t20-/m1/s1. The topological polar surface area (TPSA) is 128 Å². The molecule has 0 fully saturated rings. The van der Waals surface area contributed by atoms with Crippen LogP contribution in [0.15, 0.2) is 82.8 Å². The van der Waals surface area contributed by atoms with Crippen molar-refractivity contribution in [3.05, 3.63) is 99.6 Å². The number of sulfonamides is 1. The minimum atomic E-state index is -4.00. The molecule has 0 aromatic heterocycles. The first-order chi connectivity index (χ1) is 15.7. The number of aryl methyl sites for hydroxylation is 1. The zero-order valence-corrected chi connectivity index (χ0v) is 18.3. The molecular weight excluding hydrogens is 446 g/mol. The number of hydrogen-bond donors (Lipinski definition) is 1. The number of para-hydroxylation sites is 1. The molecule has 0 spiro atoms. The van der Waals surface area contributed by atoms with Crippen molar-refractivity contribution < 1.29 is 22.9 Å². The number of benzene rings is 3. The zero-order chi connectivity index (χ0) is 23.6. The first-order valence-electron chi connectivity index (χ1n) is 9.95. The van der Waals surface area contributed by atoms with Gasteiger partial charge in [-0.2, -0.15) is 18.4 Å². The number of hydrogen-bond acceptors (Lipinski definition) is 7. The van der Waals surface area contributed by atoms with Crippen molar-refractivity contribution in [3.63, 3.8) is 0 Å². The minimum absolute atomic E-state index is 0.0147. The van der Waals surface area contributed by atoms with Crippen molar-refractivity contribution in [2.75, 3.05) is 0 Å². The number of rotatable bonds is 7. The van der Waals surface area contributed by atoms with E-state index in [1.54, 1.807) is 42.5 Å². The Hall–Kier alpha value is -4.05. The van der Waals surface area contributed by atoms with Gasteiger partial charge in [0.1, 0.15) is 5.75 Å². The quantitative estimate of drug-likeness (QED) is 0.186. The van der Waals surface area contributed by atoms with Crippen LogP contribution in [0.25, 0.3) is 0 Å². The maximum absolute atomic E-state index is 12.7. The SMILES string of the molecule is Cc1ccc(S(=O)(=O)N/N=C(\C[C@H]2C(=O)Oc3ccccc32)c2cccc([N+](=O)[O-])c2)cc1. The predicted octanol–water partition coefficient (Wildman–Crippen LogP) is 3.68. The fourth-order valence-electron chi connectivity index (χ4n) is 3.47. The van der Waals surface area contributed by atoms with E-state index in [9.17, 15) is 23.3 Å². The number of nitrogens with one attached hydrogen (secondary N) is 1. The Kier molecular flexibility index (Phi) is 5.93. The highest BCUT2D eigenvalue weighted by Crippen LogP contribution is 2.37. The molecule has 0 amide bonds. The molecule has 0 bridgehead atoms. The minimum Gasteiger partial charge on any atom is -0.426 e. The van der Waals surface area contributed by atoms with E-state index in [2.05, 4.69) is 9.93 Å². The Labute approximate surface area is 189 Å². The van der Waals surface area contributed by atoms with Crippen LogP contribution in [0.1, 0.15) is 29.0 Å². The van der Waals surface area contributed by atoms with Gasteiger partial charge in [0.15, 0.2) is 0 Å². The summed E-state index contributed by atoms with van der Waals surface area (Å²) in [4.78, 5) is 25.4. The number of nitro groups is 1. The lowest BCUT2D eigenvalue weighted by Crippen LogP contribution is -2.23. The molecule has 9 nitrogen and oxygen atoms in total. The summed E-state index contributed by atoms with van der Waals surface area (Å²) in [5.74, 6) is -0.815. The molecule has 3 aromatic carbocycles. The molecule has 0 saturated heterocycles. The molecule has 4 rings (SSSR count). The fraction of sp³-hybridized carbons (Fsp3) is 0.130. The number of nitro benzene ring substituents is 1. The van der Waals surface area contributed by atoms with Crippen molar-refractivity contribution in [2.24, 2.45) is 5.10 Å². The van der Waals surface area contributed by atoms with E-state index in [0.29, 0.717) is 16.9 Å². The summed E-state index contributed by atoms with van der Waals surface area (Å²) in [5.41, 5.74) is 1.83. The van der Waals surface area contributed by atoms with Crippen molar-refractivity contribution in [2.45, 2.75) is 24.2 Å². The summed E-state index contributed by atoms with van der Waals surface area (Å²) in [6.07, 6.45) is -0.0204. The Balaban J connectivity index is 1.72. The molecule has 168 valence electrons. The lowest BCUT2D eigenvalue weighted by atomic mass is 9.92. The highest BCUT2D eigenvalue weighted by molar-refractivity contribution is 7.89. The third-order valence-corrected chi connectivity index (χ3v) is 6.43. The molecule has 1 aliphatic heterocycles. The van der Waals surface area contributed by atoms with Gasteiger partial charge in [-0.3, -0.25) is 14.9 Å². The van der Waals surface area contributed by atoms with Crippen molar-refractivity contribution in [3.8, 4) is 5.75 Å². The van der Waals surface area contributed by atoms with Gasteiger partial charge in [-0.1, -0.05) is 48.0 Å². The van der Waals surface area contributed by atoms with Crippen LogP contribution in [0.2, 0.25) is 0 Å². The van der Waals surface area contributed by atoms with Crippen LogP contribution < -0.4 is 9.57 Å². The number of nitrogens with zero attached hydrogens (tertiary/aromatic N) is 2. The lowest BCUT2D eigenvalue weighted by Gasteiger charge is -2.12. The van der Waals surface area contributed by atoms with Crippen LogP contribution >= 0.6 is 0 Å². The molecule has 1 atom stereocenters. The summed E-state index contributed by atoms with van der Waals surface area (Å²) in [6, 6.07) is 18.8. The van der Waals surface area contributed by atoms with E-state index >= 15 is 0 Å². The summed E-state index contributed by atoms with van der Waals surface area (Å²) in [7, 11) is -4.00. The average molecular weight is 465 g/mol. The highest BCUT2D eigenvalue weighted by Gasteiger charge is 2.34. The summed E-state index contributed by atoms with van der Waals surface area (Å²) in [5, 5.41) is 15.3. The van der Waals surface area contributed by atoms with Gasteiger partial charge in [0.05, 0.1) is 21.4 Å². The molecule has 3 aromatic rings. The van der Waals surface area contributed by atoms with E-state index in [4.69, 9.17) is 4.74 Å². The van der Waals surface area contributed by atoms with Gasteiger partial charge in [0, 0.05) is 29.7 Å². The molecule has 33 heavy (non-hydrogen) atoms. The van der Waals surface area contributed by atoms with Crippen molar-refractivity contribution in [1.82, 2.24) is 4.83 Å². The van der Waals surface area contributed by atoms with E-state index in [0.717, 1.165) is 5.56 Å². The second-order valence-corrected chi connectivity index (χ2v) is 9.15. The maximum Gasteiger partial charge on any atom is 0.319 e. The molecule has 1 aliphatic rings. The van der Waals surface area contributed by atoms with E-state index < -0.39 is 26.8 Å². The second-order valence-electron chi connectivity index (χ2n) is 7.49. The smallest absolute Gasteiger partial charge is 0.319 e. The van der Waals surface area contributed by atoms with Gasteiger partial charge >= 0.3 is 5.97 Å². The first-order valence-corrected chi connectivity index (χ1v) is 11.4. The Morgan fingerprint density at radius 3 is 2.55 bits per heavy atom. The van der Waals surface area contributed by atoms with Gasteiger partial charge in [-0.25, -0.2) is 0 Å². The van der Waals surface area contributed by atoms with E-state index in [-0.39, 0.29) is 22.7 Å². The maximum atomic E-state index is 12.7. The molecule has 0 radical (unpaired) electrons. The van der Waals surface area contributed by atoms with E-state index in [1.165, 1.54) is 30.3 Å². The van der Waals surface area contributed by atoms with Crippen LogP contribution in [0.4, 0.5) is 5.69 Å². The third-order valence-electron chi connectivity index (χ3n) is 5.21. The van der Waals surface area contributed by atoms with Crippen LogP contribution in [-0.4, -0.2) is 25.0 Å². The Morgan fingerprint density at radius 2 is 1.82 bits per heavy atom. The largest absolute Gasteiger partial charge is 0.426 e. The molecule has 0 unspecified atom stereocenters. The summed E-state index contributed by atoms with van der Waals surface area (Å²) in [6.45, 7) is 1.83. The number of carbonyl (C=O) groups is 1. The van der Waals surface area contributed by atoms with Gasteiger partial charge in [-0.15, -0.1) is 0 Å². The second kappa shape index (κ2) is 8.83. The average Bonchev–Trinajstić information content (AvgIpc) is 3.11. The zero-order valence-electron chi connectivity index (χ0n) is 17.5. The summed E-state index contributed by atoms with van der Waals surface area (Å²) >= 11 is 0. The number of ether oxygens (including phenoxy) is 1. The first kappa shape index (κ1) is 22.2. The van der Waals surface area contributed by atoms with Crippen LogP contribution in [0.3, 0.4) is 0 Å². The highest BCUT2D eigenvalue weighted by atomic mass is 32.2. The Morgan fingerprint density at radius 1 is 1.09 bits per heavy atom. The third kappa shape index (κ3) is 4.75. The molecule has 0 saturated carbocycles. The van der Waals surface area contributed by atoms with Crippen molar-refractivity contribution in [1.29, 1.82) is 0 Å².